The molecule has 8 heteroatoms. The van der Waals surface area contributed by atoms with Gasteiger partial charge in [-0.25, -0.2) is 19.2 Å². The molecule has 0 fully saturated rings. The third-order valence-electron chi connectivity index (χ3n) is 4.01. The lowest BCUT2D eigenvalue weighted by Gasteiger charge is -2.11. The first-order chi connectivity index (χ1) is 12.8. The van der Waals surface area contributed by atoms with E-state index in [0.29, 0.717) is 17.9 Å². The Bertz CT molecular complexity index is 1090. The summed E-state index contributed by atoms with van der Waals surface area (Å²) in [5, 5.41) is 12.1. The van der Waals surface area contributed by atoms with E-state index in [4.69, 9.17) is 0 Å². The van der Waals surface area contributed by atoms with Gasteiger partial charge in [-0.05, 0) is 19.1 Å². The molecule has 2 heterocycles. The quantitative estimate of drug-likeness (QED) is 0.597. The number of amides is 1. The normalized spacial score (nSPS) is 10.8. The first-order valence-corrected chi connectivity index (χ1v) is 8.20. The zero-order chi connectivity index (χ0) is 19.7. The van der Waals surface area contributed by atoms with Crippen molar-refractivity contribution >= 4 is 28.6 Å². The predicted octanol–water partition coefficient (Wildman–Crippen LogP) is 3.54. The second kappa shape index (κ2) is 6.99. The third-order valence-corrected chi connectivity index (χ3v) is 4.01. The fourth-order valence-corrected chi connectivity index (χ4v) is 2.64. The molecule has 3 aromatic rings. The van der Waals surface area contributed by atoms with Crippen LogP contribution in [0.3, 0.4) is 0 Å². The topological polar surface area (TPSA) is 108 Å². The van der Waals surface area contributed by atoms with Crippen molar-refractivity contribution in [1.29, 1.82) is 0 Å². The molecular weight excluding hydrogens is 351 g/mol. The van der Waals surface area contributed by atoms with Crippen molar-refractivity contribution in [3.05, 3.63) is 53.8 Å². The first-order valence-electron chi connectivity index (χ1n) is 8.20. The smallest absolute Gasteiger partial charge is 0.338 e. The van der Waals surface area contributed by atoms with Crippen molar-refractivity contribution in [2.75, 3.05) is 5.32 Å². The number of nitrogens with zero attached hydrogens (tertiary/aromatic N) is 2. The highest BCUT2D eigenvalue weighted by Gasteiger charge is 2.22. The Morgan fingerprint density at radius 3 is 2.70 bits per heavy atom. The van der Waals surface area contributed by atoms with Crippen molar-refractivity contribution in [2.45, 2.75) is 20.3 Å². The number of nitrogens with one attached hydrogen (secondary N) is 2. The molecule has 3 N–H and O–H groups in total. The molecule has 27 heavy (non-hydrogen) atoms. The minimum atomic E-state index is -1.18. The van der Waals surface area contributed by atoms with Crippen LogP contribution in [0, 0.1) is 5.82 Å². The molecule has 2 aromatic heterocycles. The largest absolute Gasteiger partial charge is 0.478 e. The minimum absolute atomic E-state index is 0.0438. The molecule has 138 valence electrons. The van der Waals surface area contributed by atoms with Crippen molar-refractivity contribution in [3.8, 4) is 11.3 Å². The Morgan fingerprint density at radius 1 is 1.33 bits per heavy atom. The maximum atomic E-state index is 15.1. The van der Waals surface area contributed by atoms with E-state index in [1.54, 1.807) is 6.07 Å². The Kier molecular flexibility index (Phi) is 4.72. The van der Waals surface area contributed by atoms with E-state index in [0.717, 1.165) is 0 Å². The number of aromatic nitrogens is 3. The number of anilines is 1. The fourth-order valence-electron chi connectivity index (χ4n) is 2.64. The summed E-state index contributed by atoms with van der Waals surface area (Å²) in [5.74, 6) is -1.97. The number of aromatic carboxylic acids is 1. The van der Waals surface area contributed by atoms with Gasteiger partial charge in [0, 0.05) is 23.8 Å². The van der Waals surface area contributed by atoms with E-state index >= 15 is 4.39 Å². The molecule has 3 rings (SSSR count). The molecule has 1 aromatic carbocycles. The Balaban J connectivity index is 2.26. The van der Waals surface area contributed by atoms with Crippen molar-refractivity contribution in [1.82, 2.24) is 15.0 Å². The van der Waals surface area contributed by atoms with Gasteiger partial charge in [-0.15, -0.1) is 0 Å². The molecule has 7 nitrogen and oxygen atoms in total. The number of carbonyl (C=O) groups is 2. The summed E-state index contributed by atoms with van der Waals surface area (Å²) in [6, 6.07) is 4.44. The van der Waals surface area contributed by atoms with Gasteiger partial charge in [-0.3, -0.25) is 4.79 Å². The number of hydrogen-bond acceptors (Lipinski definition) is 4. The van der Waals surface area contributed by atoms with E-state index < -0.39 is 17.7 Å². The van der Waals surface area contributed by atoms with Crippen LogP contribution in [0.1, 0.15) is 30.0 Å². The van der Waals surface area contributed by atoms with Gasteiger partial charge in [0.1, 0.15) is 11.5 Å². The highest BCUT2D eigenvalue weighted by Crippen LogP contribution is 2.33. The maximum Gasteiger partial charge on any atom is 0.338 e. The SMILES string of the molecule is C=C(C)C(=O)Nc1cccc(-c2nc(CC)nc3[nH]cc(C(=O)O)c23)c1F. The number of H-pyrrole nitrogens is 1. The van der Waals surface area contributed by atoms with Crippen LogP contribution in [-0.4, -0.2) is 31.9 Å². The maximum absolute atomic E-state index is 15.1. The Labute approximate surface area is 154 Å². The molecule has 0 radical (unpaired) electrons. The molecule has 0 bridgehead atoms. The number of aromatic amines is 1. The third kappa shape index (κ3) is 3.29. The number of fused-ring (bicyclic) bond motifs is 1. The minimum Gasteiger partial charge on any atom is -0.478 e. The summed E-state index contributed by atoms with van der Waals surface area (Å²) < 4.78 is 15.1. The summed E-state index contributed by atoms with van der Waals surface area (Å²) in [4.78, 5) is 34.8. The highest BCUT2D eigenvalue weighted by molar-refractivity contribution is 6.08. The van der Waals surface area contributed by atoms with Crippen LogP contribution in [0.25, 0.3) is 22.3 Å². The first kappa shape index (κ1) is 18.2. The van der Waals surface area contributed by atoms with Gasteiger partial charge < -0.3 is 15.4 Å². The second-order valence-corrected chi connectivity index (χ2v) is 5.97. The van der Waals surface area contributed by atoms with E-state index in [1.165, 1.54) is 25.3 Å². The van der Waals surface area contributed by atoms with Crippen molar-refractivity contribution in [3.63, 3.8) is 0 Å². The molecular formula is C19H17FN4O3. The van der Waals surface area contributed by atoms with Crippen molar-refractivity contribution < 1.29 is 19.1 Å². The zero-order valence-electron chi connectivity index (χ0n) is 14.8. The number of halogens is 1. The average Bonchev–Trinajstić information content (AvgIpc) is 3.06. The highest BCUT2D eigenvalue weighted by atomic mass is 19.1. The van der Waals surface area contributed by atoms with Crippen LogP contribution < -0.4 is 5.32 Å². The summed E-state index contributed by atoms with van der Waals surface area (Å²) in [6.07, 6.45) is 1.79. The zero-order valence-corrected chi connectivity index (χ0v) is 14.8. The molecule has 0 saturated carbocycles. The summed E-state index contributed by atoms with van der Waals surface area (Å²) in [5.41, 5.74) is 0.663. The molecule has 0 saturated heterocycles. The van der Waals surface area contributed by atoms with Crippen molar-refractivity contribution in [2.24, 2.45) is 0 Å². The molecule has 1 amide bonds. The van der Waals surface area contributed by atoms with E-state index in [1.807, 2.05) is 6.92 Å². The van der Waals surface area contributed by atoms with E-state index in [2.05, 4.69) is 26.8 Å². The Morgan fingerprint density at radius 2 is 2.07 bits per heavy atom. The standard InChI is InChI=1S/C19H17FN4O3/c1-4-13-23-16(14-11(19(26)27)8-21-17(14)24-13)10-6-5-7-12(15(10)20)22-18(25)9(2)3/h5-8H,2,4H2,1,3H3,(H,22,25)(H,26,27)(H,21,23,24). The van der Waals surface area contributed by atoms with Gasteiger partial charge in [0.05, 0.1) is 22.3 Å². The Hall–Kier alpha value is -3.55. The lowest BCUT2D eigenvalue weighted by atomic mass is 10.0. The van der Waals surface area contributed by atoms with Gasteiger partial charge in [0.15, 0.2) is 5.82 Å². The van der Waals surface area contributed by atoms with Gasteiger partial charge in [-0.2, -0.15) is 0 Å². The molecule has 0 spiro atoms. The monoisotopic (exact) mass is 368 g/mol. The number of hydrogen-bond donors (Lipinski definition) is 3. The number of benzene rings is 1. The average molecular weight is 368 g/mol. The van der Waals surface area contributed by atoms with E-state index in [9.17, 15) is 14.7 Å². The number of rotatable bonds is 5. The molecule has 0 aliphatic rings. The lowest BCUT2D eigenvalue weighted by Crippen LogP contribution is -2.13. The predicted molar refractivity (Wildman–Crippen MR) is 99.1 cm³/mol. The van der Waals surface area contributed by atoms with Crippen LogP contribution in [0.4, 0.5) is 10.1 Å². The molecule has 0 aliphatic carbocycles. The van der Waals surface area contributed by atoms with Crippen LogP contribution >= 0.6 is 0 Å². The number of aryl methyl sites for hydroxylation is 1. The molecule has 0 aliphatic heterocycles. The van der Waals surface area contributed by atoms with Crippen LogP contribution in [-0.2, 0) is 11.2 Å². The number of carboxylic acid groups (broad SMARTS) is 1. The summed E-state index contributed by atoms with van der Waals surface area (Å²) in [7, 11) is 0. The summed E-state index contributed by atoms with van der Waals surface area (Å²) in [6.45, 7) is 6.88. The number of carbonyl (C=O) groups excluding carboxylic acids is 1. The van der Waals surface area contributed by atoms with Crippen LogP contribution in [0.15, 0.2) is 36.5 Å². The van der Waals surface area contributed by atoms with Gasteiger partial charge >= 0.3 is 5.97 Å². The van der Waals surface area contributed by atoms with Crippen LogP contribution in [0.2, 0.25) is 0 Å². The fraction of sp³-hybridized carbons (Fsp3) is 0.158. The van der Waals surface area contributed by atoms with E-state index in [-0.39, 0.29) is 33.5 Å². The second-order valence-electron chi connectivity index (χ2n) is 5.97. The van der Waals surface area contributed by atoms with Gasteiger partial charge in [-0.1, -0.05) is 19.6 Å². The van der Waals surface area contributed by atoms with Gasteiger partial charge in [0.25, 0.3) is 5.91 Å². The summed E-state index contributed by atoms with van der Waals surface area (Å²) >= 11 is 0. The molecule has 0 unspecified atom stereocenters. The number of carboxylic acids is 1. The lowest BCUT2D eigenvalue weighted by molar-refractivity contribution is -0.112. The molecule has 0 atom stereocenters. The van der Waals surface area contributed by atoms with Crippen LogP contribution in [0.5, 0.6) is 0 Å². The van der Waals surface area contributed by atoms with Gasteiger partial charge in [0.2, 0.25) is 0 Å².